The Morgan fingerprint density at radius 2 is 2.11 bits per heavy atom. The first-order valence-corrected chi connectivity index (χ1v) is 5.30. The fourth-order valence-corrected chi connectivity index (χ4v) is 1.38. The van der Waals surface area contributed by atoms with Gasteiger partial charge in [-0.05, 0) is 25.1 Å². The lowest BCUT2D eigenvalue weighted by molar-refractivity contribution is -0.140. The molecule has 0 spiro atoms. The van der Waals surface area contributed by atoms with Crippen molar-refractivity contribution in [1.82, 2.24) is 5.32 Å². The molecule has 1 atom stereocenters. The van der Waals surface area contributed by atoms with Crippen molar-refractivity contribution < 1.29 is 22.4 Å². The van der Waals surface area contributed by atoms with Gasteiger partial charge < -0.3 is 5.32 Å². The van der Waals surface area contributed by atoms with Crippen LogP contribution in [0.2, 0.25) is 0 Å². The summed E-state index contributed by atoms with van der Waals surface area (Å²) in [6, 6.07) is 3.31. The van der Waals surface area contributed by atoms with Crippen LogP contribution in [0.5, 0.6) is 0 Å². The van der Waals surface area contributed by atoms with E-state index in [1.165, 1.54) is 6.92 Å². The van der Waals surface area contributed by atoms with Crippen molar-refractivity contribution in [2.45, 2.75) is 25.6 Å². The van der Waals surface area contributed by atoms with E-state index in [0.29, 0.717) is 12.1 Å². The van der Waals surface area contributed by atoms with Crippen LogP contribution in [0.15, 0.2) is 18.2 Å². The second-order valence-electron chi connectivity index (χ2n) is 3.93. The molecule has 0 saturated heterocycles. The Hall–Kier alpha value is -2.10. The molecule has 3 nitrogen and oxygen atoms in total. The number of nitrogens with one attached hydrogen (secondary N) is 1. The number of hydrogen-bond donors (Lipinski definition) is 1. The third-order valence-electron chi connectivity index (χ3n) is 2.31. The normalized spacial score (nSPS) is 12.6. The Balaban J connectivity index is 2.97. The highest BCUT2D eigenvalue weighted by molar-refractivity contribution is 5.94. The van der Waals surface area contributed by atoms with E-state index in [-0.39, 0.29) is 12.0 Å². The highest BCUT2D eigenvalue weighted by Crippen LogP contribution is 2.31. The summed E-state index contributed by atoms with van der Waals surface area (Å²) in [5.41, 5.74) is -1.80. The summed E-state index contributed by atoms with van der Waals surface area (Å²) >= 11 is 0. The second-order valence-corrected chi connectivity index (χ2v) is 3.93. The van der Waals surface area contributed by atoms with Gasteiger partial charge in [0.05, 0.1) is 18.1 Å². The molecule has 0 aliphatic heterocycles. The molecule has 1 aromatic carbocycles. The van der Waals surface area contributed by atoms with Crippen LogP contribution in [0.4, 0.5) is 17.6 Å². The summed E-state index contributed by atoms with van der Waals surface area (Å²) in [5.74, 6) is -2.22. The molecule has 0 aromatic heterocycles. The van der Waals surface area contributed by atoms with Crippen molar-refractivity contribution in [2.75, 3.05) is 0 Å². The third-order valence-corrected chi connectivity index (χ3v) is 2.31. The summed E-state index contributed by atoms with van der Waals surface area (Å²) in [4.78, 5) is 11.6. The number of carbonyl (C=O) groups excluding carboxylic acids is 1. The van der Waals surface area contributed by atoms with Gasteiger partial charge in [0.25, 0.3) is 5.91 Å². The van der Waals surface area contributed by atoms with E-state index in [1.807, 2.05) is 6.07 Å². The van der Waals surface area contributed by atoms with E-state index in [2.05, 4.69) is 5.32 Å². The Kier molecular flexibility index (Phi) is 4.48. The van der Waals surface area contributed by atoms with Crippen LogP contribution in [0.1, 0.15) is 29.3 Å². The molecule has 0 heterocycles. The van der Waals surface area contributed by atoms with Gasteiger partial charge >= 0.3 is 6.18 Å². The molecule has 0 aliphatic carbocycles. The van der Waals surface area contributed by atoms with Crippen molar-refractivity contribution in [3.8, 4) is 6.07 Å². The topological polar surface area (TPSA) is 52.9 Å². The maximum Gasteiger partial charge on any atom is 0.419 e. The lowest BCUT2D eigenvalue weighted by Gasteiger charge is -2.12. The summed E-state index contributed by atoms with van der Waals surface area (Å²) in [7, 11) is 0. The molecule has 1 N–H and O–H groups in total. The molecule has 1 unspecified atom stereocenters. The molecule has 1 rings (SSSR count). The zero-order valence-corrected chi connectivity index (χ0v) is 9.88. The second kappa shape index (κ2) is 5.69. The monoisotopic (exact) mass is 274 g/mol. The van der Waals surface area contributed by atoms with E-state index < -0.39 is 29.5 Å². The molecule has 0 saturated carbocycles. The van der Waals surface area contributed by atoms with Crippen LogP contribution in [-0.2, 0) is 6.18 Å². The zero-order chi connectivity index (χ0) is 14.6. The van der Waals surface area contributed by atoms with E-state index in [4.69, 9.17) is 5.26 Å². The molecular weight excluding hydrogens is 264 g/mol. The van der Waals surface area contributed by atoms with Crippen molar-refractivity contribution in [3.63, 3.8) is 0 Å². The van der Waals surface area contributed by atoms with E-state index in [9.17, 15) is 22.4 Å². The summed E-state index contributed by atoms with van der Waals surface area (Å²) in [6.45, 7) is 1.54. The zero-order valence-electron chi connectivity index (χ0n) is 9.88. The fourth-order valence-electron chi connectivity index (χ4n) is 1.38. The van der Waals surface area contributed by atoms with Crippen molar-refractivity contribution >= 4 is 5.91 Å². The Morgan fingerprint density at radius 3 is 2.63 bits per heavy atom. The van der Waals surface area contributed by atoms with Crippen molar-refractivity contribution in [1.29, 1.82) is 5.26 Å². The van der Waals surface area contributed by atoms with Gasteiger partial charge in [-0.25, -0.2) is 4.39 Å². The van der Waals surface area contributed by atoms with Crippen LogP contribution >= 0.6 is 0 Å². The maximum atomic E-state index is 13.0. The fraction of sp³-hybridized carbons (Fsp3) is 0.333. The molecule has 1 amide bonds. The van der Waals surface area contributed by atoms with Gasteiger partial charge in [-0.15, -0.1) is 0 Å². The number of nitriles is 1. The standard InChI is InChI=1S/C12H10F4N2O/c1-7(4-5-17)18-11(19)8-2-3-10(13)9(6-8)12(14,15)16/h2-3,6-7H,4H2,1H3,(H,18,19). The average molecular weight is 274 g/mol. The SMILES string of the molecule is CC(CC#N)NC(=O)c1ccc(F)c(C(F)(F)F)c1. The first-order chi connectivity index (χ1) is 8.75. The number of amides is 1. The highest BCUT2D eigenvalue weighted by atomic mass is 19.4. The van der Waals surface area contributed by atoms with E-state index in [0.717, 1.165) is 6.07 Å². The third kappa shape index (κ3) is 3.95. The molecule has 1 aromatic rings. The Morgan fingerprint density at radius 1 is 1.47 bits per heavy atom. The predicted molar refractivity (Wildman–Crippen MR) is 58.6 cm³/mol. The van der Waals surface area contributed by atoms with E-state index >= 15 is 0 Å². The number of carbonyl (C=O) groups is 1. The lowest BCUT2D eigenvalue weighted by atomic mass is 10.1. The van der Waals surface area contributed by atoms with Gasteiger partial charge in [-0.3, -0.25) is 4.79 Å². The Bertz CT molecular complexity index is 519. The van der Waals surface area contributed by atoms with Crippen LogP contribution in [-0.4, -0.2) is 11.9 Å². The minimum atomic E-state index is -4.86. The summed E-state index contributed by atoms with van der Waals surface area (Å²) in [5, 5.41) is 10.8. The molecule has 0 aliphatic rings. The maximum absolute atomic E-state index is 13.0. The predicted octanol–water partition coefficient (Wildman–Crippen LogP) is 2.88. The van der Waals surface area contributed by atoms with Crippen molar-refractivity contribution in [3.05, 3.63) is 35.1 Å². The first-order valence-electron chi connectivity index (χ1n) is 5.30. The number of benzene rings is 1. The molecule has 7 heteroatoms. The quantitative estimate of drug-likeness (QED) is 0.862. The van der Waals surface area contributed by atoms with Gasteiger partial charge in [-0.2, -0.15) is 18.4 Å². The minimum absolute atomic E-state index is 0.0268. The van der Waals surface area contributed by atoms with E-state index in [1.54, 1.807) is 0 Å². The smallest absolute Gasteiger partial charge is 0.349 e. The molecule has 19 heavy (non-hydrogen) atoms. The number of alkyl halides is 3. The number of rotatable bonds is 3. The average Bonchev–Trinajstić information content (AvgIpc) is 2.27. The van der Waals surface area contributed by atoms with Gasteiger partial charge in [0.15, 0.2) is 0 Å². The number of hydrogen-bond acceptors (Lipinski definition) is 2. The van der Waals surface area contributed by atoms with Gasteiger partial charge in [-0.1, -0.05) is 0 Å². The summed E-state index contributed by atoms with van der Waals surface area (Å²) in [6.07, 6.45) is -4.84. The van der Waals surface area contributed by atoms with Crippen molar-refractivity contribution in [2.24, 2.45) is 0 Å². The highest BCUT2D eigenvalue weighted by Gasteiger charge is 2.34. The molecule has 0 bridgehead atoms. The Labute approximate surface area is 106 Å². The first kappa shape index (κ1) is 15.0. The van der Waals surface area contributed by atoms with Crippen LogP contribution in [0, 0.1) is 17.1 Å². The largest absolute Gasteiger partial charge is 0.419 e. The molecular formula is C12H10F4N2O. The minimum Gasteiger partial charge on any atom is -0.349 e. The van der Waals surface area contributed by atoms with Gasteiger partial charge in [0.2, 0.25) is 0 Å². The molecule has 0 fully saturated rings. The van der Waals surface area contributed by atoms with Crippen LogP contribution in [0.25, 0.3) is 0 Å². The van der Waals surface area contributed by atoms with Crippen LogP contribution < -0.4 is 5.32 Å². The molecule has 102 valence electrons. The lowest BCUT2D eigenvalue weighted by Crippen LogP contribution is -2.32. The molecule has 0 radical (unpaired) electrons. The van der Waals surface area contributed by atoms with Gasteiger partial charge in [0.1, 0.15) is 5.82 Å². The number of nitrogens with zero attached hydrogens (tertiary/aromatic N) is 1. The van der Waals surface area contributed by atoms with Crippen LogP contribution in [0.3, 0.4) is 0 Å². The summed E-state index contributed by atoms with van der Waals surface area (Å²) < 4.78 is 50.4. The van der Waals surface area contributed by atoms with Gasteiger partial charge in [0, 0.05) is 11.6 Å². The number of halogens is 4.